The molecule has 1 saturated heterocycles. The van der Waals surface area contributed by atoms with Crippen LogP contribution in [0.15, 0.2) is 6.07 Å². The lowest BCUT2D eigenvalue weighted by atomic mass is 9.99. The molecule has 0 N–H and O–H groups in total. The van der Waals surface area contributed by atoms with Gasteiger partial charge in [-0.3, -0.25) is 9.78 Å². The molecule has 1 atom stereocenters. The molecule has 20 heavy (non-hydrogen) atoms. The quantitative estimate of drug-likeness (QED) is 0.826. The summed E-state index contributed by atoms with van der Waals surface area (Å²) in [6.07, 6.45) is 1.52. The molecule has 0 aliphatic carbocycles. The smallest absolute Gasteiger partial charge is 0.223 e. The molecule has 1 aliphatic rings. The number of ether oxygens (including phenoxy) is 1. The van der Waals surface area contributed by atoms with E-state index in [1.54, 1.807) is 7.11 Å². The Morgan fingerprint density at radius 3 is 2.80 bits per heavy atom. The first kappa shape index (κ1) is 15.0. The molecule has 1 amide bonds. The van der Waals surface area contributed by atoms with Gasteiger partial charge >= 0.3 is 0 Å². The Morgan fingerprint density at radius 1 is 1.40 bits per heavy atom. The van der Waals surface area contributed by atoms with Crippen molar-refractivity contribution in [1.29, 1.82) is 0 Å². The maximum atomic E-state index is 11.9. The maximum absolute atomic E-state index is 11.9. The molecular formula is C16H24N2O2. The average molecular weight is 276 g/mol. The van der Waals surface area contributed by atoms with Gasteiger partial charge in [0.2, 0.25) is 5.91 Å². The van der Waals surface area contributed by atoms with Gasteiger partial charge in [-0.2, -0.15) is 0 Å². The molecule has 0 radical (unpaired) electrons. The molecule has 2 rings (SSSR count). The Bertz CT molecular complexity index is 476. The number of amides is 1. The molecule has 110 valence electrons. The number of carbonyl (C=O) groups excluding carboxylic acids is 1. The van der Waals surface area contributed by atoms with Crippen molar-refractivity contribution in [3.05, 3.63) is 28.6 Å². The molecule has 4 heteroatoms. The molecule has 0 aromatic carbocycles. The van der Waals surface area contributed by atoms with Crippen LogP contribution in [0.4, 0.5) is 0 Å². The summed E-state index contributed by atoms with van der Waals surface area (Å²) in [6, 6.07) is 2.16. The van der Waals surface area contributed by atoms with Crippen molar-refractivity contribution in [1.82, 2.24) is 9.88 Å². The number of aromatic nitrogens is 1. The van der Waals surface area contributed by atoms with Gasteiger partial charge in [-0.05, 0) is 50.3 Å². The second kappa shape index (κ2) is 6.35. The van der Waals surface area contributed by atoms with Crippen LogP contribution in [0.1, 0.15) is 28.9 Å². The molecule has 1 fully saturated rings. The van der Waals surface area contributed by atoms with E-state index in [1.165, 1.54) is 11.1 Å². The summed E-state index contributed by atoms with van der Waals surface area (Å²) >= 11 is 0. The van der Waals surface area contributed by atoms with E-state index in [2.05, 4.69) is 31.8 Å². The number of aryl methyl sites for hydroxylation is 2. The third-order valence-electron chi connectivity index (χ3n) is 4.19. The molecule has 4 nitrogen and oxygen atoms in total. The van der Waals surface area contributed by atoms with Crippen molar-refractivity contribution in [3.63, 3.8) is 0 Å². The van der Waals surface area contributed by atoms with E-state index in [-0.39, 0.29) is 5.91 Å². The number of pyridine rings is 1. The summed E-state index contributed by atoms with van der Waals surface area (Å²) < 4.78 is 5.04. The van der Waals surface area contributed by atoms with Crippen molar-refractivity contribution >= 4 is 5.91 Å². The van der Waals surface area contributed by atoms with Gasteiger partial charge < -0.3 is 9.64 Å². The molecule has 2 heterocycles. The predicted octanol–water partition coefficient (Wildman–Crippen LogP) is 2.04. The summed E-state index contributed by atoms with van der Waals surface area (Å²) in [5, 5.41) is 0. The Labute approximate surface area is 121 Å². The first-order chi connectivity index (χ1) is 9.51. The standard InChI is InChI=1S/C16H24N2O2/c1-11-7-15(17-13(3)12(11)2)8-14-9-16(19)18(10-14)5-6-20-4/h7,14H,5-6,8-10H2,1-4H3. The Hall–Kier alpha value is -1.42. The molecule has 0 spiro atoms. The third-order valence-corrected chi connectivity index (χ3v) is 4.19. The van der Waals surface area contributed by atoms with Gasteiger partial charge in [-0.1, -0.05) is 0 Å². The lowest BCUT2D eigenvalue weighted by Crippen LogP contribution is -2.29. The van der Waals surface area contributed by atoms with E-state index in [4.69, 9.17) is 4.74 Å². The number of carbonyl (C=O) groups is 1. The van der Waals surface area contributed by atoms with Crippen molar-refractivity contribution < 1.29 is 9.53 Å². The van der Waals surface area contributed by atoms with Crippen LogP contribution in [-0.4, -0.2) is 42.6 Å². The molecule has 1 aromatic heterocycles. The van der Waals surface area contributed by atoms with Crippen molar-refractivity contribution in [2.45, 2.75) is 33.6 Å². The van der Waals surface area contributed by atoms with Crippen LogP contribution in [0.3, 0.4) is 0 Å². The van der Waals surface area contributed by atoms with Crippen LogP contribution in [0.2, 0.25) is 0 Å². The molecule has 1 unspecified atom stereocenters. The zero-order valence-corrected chi connectivity index (χ0v) is 12.9. The predicted molar refractivity (Wildman–Crippen MR) is 78.7 cm³/mol. The largest absolute Gasteiger partial charge is 0.383 e. The minimum absolute atomic E-state index is 0.243. The van der Waals surface area contributed by atoms with Crippen LogP contribution in [0.5, 0.6) is 0 Å². The van der Waals surface area contributed by atoms with Crippen LogP contribution in [0.25, 0.3) is 0 Å². The van der Waals surface area contributed by atoms with E-state index < -0.39 is 0 Å². The van der Waals surface area contributed by atoms with Crippen molar-refractivity contribution in [2.75, 3.05) is 26.8 Å². The second-order valence-corrected chi connectivity index (χ2v) is 5.75. The van der Waals surface area contributed by atoms with Crippen LogP contribution < -0.4 is 0 Å². The number of hydrogen-bond donors (Lipinski definition) is 0. The SMILES string of the molecule is COCCN1CC(Cc2cc(C)c(C)c(C)n2)CC1=O. The second-order valence-electron chi connectivity index (χ2n) is 5.75. The highest BCUT2D eigenvalue weighted by molar-refractivity contribution is 5.78. The van der Waals surface area contributed by atoms with Crippen LogP contribution >= 0.6 is 0 Å². The summed E-state index contributed by atoms with van der Waals surface area (Å²) in [5.74, 6) is 0.626. The number of hydrogen-bond acceptors (Lipinski definition) is 3. The Kier molecular flexibility index (Phi) is 4.76. The zero-order chi connectivity index (χ0) is 14.7. The zero-order valence-electron chi connectivity index (χ0n) is 12.9. The molecular weight excluding hydrogens is 252 g/mol. The number of likely N-dealkylation sites (tertiary alicyclic amines) is 1. The Morgan fingerprint density at radius 2 is 2.15 bits per heavy atom. The number of methoxy groups -OCH3 is 1. The van der Waals surface area contributed by atoms with E-state index in [9.17, 15) is 4.79 Å². The topological polar surface area (TPSA) is 42.4 Å². The van der Waals surface area contributed by atoms with Gasteiger partial charge in [0.25, 0.3) is 0 Å². The maximum Gasteiger partial charge on any atom is 0.223 e. The van der Waals surface area contributed by atoms with Gasteiger partial charge in [0.15, 0.2) is 0 Å². The monoisotopic (exact) mass is 276 g/mol. The fourth-order valence-corrected chi connectivity index (χ4v) is 2.78. The van der Waals surface area contributed by atoms with Gasteiger partial charge in [-0.25, -0.2) is 0 Å². The minimum Gasteiger partial charge on any atom is -0.383 e. The van der Waals surface area contributed by atoms with Gasteiger partial charge in [0, 0.05) is 38.0 Å². The van der Waals surface area contributed by atoms with Crippen LogP contribution in [0, 0.1) is 26.7 Å². The van der Waals surface area contributed by atoms with Gasteiger partial charge in [-0.15, -0.1) is 0 Å². The van der Waals surface area contributed by atoms with E-state index in [1.807, 2.05) is 4.90 Å². The molecule has 0 bridgehead atoms. The summed E-state index contributed by atoms with van der Waals surface area (Å²) in [7, 11) is 1.67. The highest BCUT2D eigenvalue weighted by atomic mass is 16.5. The summed E-state index contributed by atoms with van der Waals surface area (Å²) in [5.41, 5.74) is 4.75. The van der Waals surface area contributed by atoms with Gasteiger partial charge in [0.1, 0.15) is 0 Å². The van der Waals surface area contributed by atoms with Crippen LogP contribution in [-0.2, 0) is 16.0 Å². The van der Waals surface area contributed by atoms with Crippen molar-refractivity contribution in [2.24, 2.45) is 5.92 Å². The number of nitrogens with zero attached hydrogens (tertiary/aromatic N) is 2. The lowest BCUT2D eigenvalue weighted by Gasteiger charge is -2.16. The number of rotatable bonds is 5. The third kappa shape index (κ3) is 3.37. The Balaban J connectivity index is 1.99. The highest BCUT2D eigenvalue weighted by Gasteiger charge is 2.29. The molecule has 1 aliphatic heterocycles. The van der Waals surface area contributed by atoms with Crippen molar-refractivity contribution in [3.8, 4) is 0 Å². The summed E-state index contributed by atoms with van der Waals surface area (Å²) in [6.45, 7) is 8.42. The first-order valence-electron chi connectivity index (χ1n) is 7.21. The van der Waals surface area contributed by atoms with E-state index in [0.717, 1.165) is 24.4 Å². The average Bonchev–Trinajstić information content (AvgIpc) is 2.73. The lowest BCUT2D eigenvalue weighted by molar-refractivity contribution is -0.128. The fourth-order valence-electron chi connectivity index (χ4n) is 2.78. The first-order valence-corrected chi connectivity index (χ1v) is 7.21. The van der Waals surface area contributed by atoms with E-state index >= 15 is 0 Å². The highest BCUT2D eigenvalue weighted by Crippen LogP contribution is 2.22. The molecule has 1 aromatic rings. The normalized spacial score (nSPS) is 18.9. The van der Waals surface area contributed by atoms with E-state index in [0.29, 0.717) is 25.5 Å². The summed E-state index contributed by atoms with van der Waals surface area (Å²) in [4.78, 5) is 18.5. The fraction of sp³-hybridized carbons (Fsp3) is 0.625. The minimum atomic E-state index is 0.243. The van der Waals surface area contributed by atoms with Gasteiger partial charge in [0.05, 0.1) is 6.61 Å². The molecule has 0 saturated carbocycles.